The van der Waals surface area contributed by atoms with Crippen LogP contribution in [-0.2, 0) is 10.2 Å². The molecule has 0 amide bonds. The number of carbonyl (C=O) groups excluding carboxylic acids is 1. The van der Waals surface area contributed by atoms with Gasteiger partial charge in [0.25, 0.3) is 0 Å². The molecule has 0 saturated carbocycles. The zero-order valence-corrected chi connectivity index (χ0v) is 14.0. The standard InChI is InChI=1S/C16H18ClN3O2/c1-15(2,3)22-14(21)20-8-11(16(4,5)9-18)13-12(20)6-10(17)7-19-13/h6-8H,1-5H3. The van der Waals surface area contributed by atoms with Gasteiger partial charge in [-0.15, -0.1) is 0 Å². The maximum absolute atomic E-state index is 12.4. The van der Waals surface area contributed by atoms with Gasteiger partial charge in [0.15, 0.2) is 0 Å². The van der Waals surface area contributed by atoms with Crippen LogP contribution in [0.25, 0.3) is 11.0 Å². The van der Waals surface area contributed by atoms with Crippen molar-refractivity contribution >= 4 is 28.7 Å². The summed E-state index contributed by atoms with van der Waals surface area (Å²) in [6.07, 6.45) is 2.58. The van der Waals surface area contributed by atoms with Crippen molar-refractivity contribution in [2.45, 2.75) is 45.6 Å². The molecule has 2 rings (SSSR count). The molecule has 116 valence electrons. The fraction of sp³-hybridized carbons (Fsp3) is 0.438. The minimum Gasteiger partial charge on any atom is -0.443 e. The van der Waals surface area contributed by atoms with Gasteiger partial charge < -0.3 is 4.74 Å². The van der Waals surface area contributed by atoms with E-state index < -0.39 is 17.1 Å². The molecular formula is C16H18ClN3O2. The van der Waals surface area contributed by atoms with Gasteiger partial charge in [-0.05, 0) is 40.7 Å². The molecule has 6 heteroatoms. The lowest BCUT2D eigenvalue weighted by molar-refractivity contribution is 0.0544. The molecule has 2 aromatic rings. The lowest BCUT2D eigenvalue weighted by Crippen LogP contribution is -2.26. The Labute approximate surface area is 134 Å². The first kappa shape index (κ1) is 16.3. The van der Waals surface area contributed by atoms with Crippen molar-refractivity contribution in [3.63, 3.8) is 0 Å². The van der Waals surface area contributed by atoms with E-state index in [2.05, 4.69) is 11.1 Å². The van der Waals surface area contributed by atoms with Crippen molar-refractivity contribution < 1.29 is 9.53 Å². The first-order chi connectivity index (χ1) is 10.0. The second kappa shape index (κ2) is 5.29. The van der Waals surface area contributed by atoms with Crippen LogP contribution >= 0.6 is 11.6 Å². The highest BCUT2D eigenvalue weighted by Crippen LogP contribution is 2.32. The van der Waals surface area contributed by atoms with Crippen LogP contribution in [0.3, 0.4) is 0 Å². The van der Waals surface area contributed by atoms with E-state index in [0.717, 1.165) is 0 Å². The van der Waals surface area contributed by atoms with E-state index in [4.69, 9.17) is 16.3 Å². The molecule has 0 unspecified atom stereocenters. The van der Waals surface area contributed by atoms with Gasteiger partial charge in [0.2, 0.25) is 0 Å². The average Bonchev–Trinajstić information content (AvgIpc) is 2.76. The Hall–Kier alpha value is -2.06. The predicted octanol–water partition coefficient (Wildman–Crippen LogP) is 4.27. The molecule has 0 aliphatic carbocycles. The van der Waals surface area contributed by atoms with Gasteiger partial charge in [-0.25, -0.2) is 4.79 Å². The number of nitriles is 1. The van der Waals surface area contributed by atoms with Crippen LogP contribution in [0.1, 0.15) is 40.2 Å². The van der Waals surface area contributed by atoms with Crippen LogP contribution in [0.4, 0.5) is 4.79 Å². The van der Waals surface area contributed by atoms with Crippen LogP contribution in [0.15, 0.2) is 18.5 Å². The van der Waals surface area contributed by atoms with Crippen molar-refractivity contribution in [3.05, 3.63) is 29.0 Å². The summed E-state index contributed by atoms with van der Waals surface area (Å²) >= 11 is 5.99. The Morgan fingerprint density at radius 1 is 1.36 bits per heavy atom. The lowest BCUT2D eigenvalue weighted by atomic mass is 9.87. The van der Waals surface area contributed by atoms with Crippen molar-refractivity contribution in [2.75, 3.05) is 0 Å². The van der Waals surface area contributed by atoms with Crippen molar-refractivity contribution in [1.29, 1.82) is 5.26 Å². The minimum atomic E-state index is -0.785. The third kappa shape index (κ3) is 3.07. The summed E-state index contributed by atoms with van der Waals surface area (Å²) in [5, 5.41) is 9.78. The third-order valence-electron chi connectivity index (χ3n) is 3.15. The van der Waals surface area contributed by atoms with E-state index >= 15 is 0 Å². The number of carbonyl (C=O) groups is 1. The van der Waals surface area contributed by atoms with Crippen LogP contribution in [0.2, 0.25) is 5.02 Å². The molecule has 0 aromatic carbocycles. The zero-order chi connectivity index (χ0) is 16.7. The first-order valence-corrected chi connectivity index (χ1v) is 7.24. The molecule has 0 N–H and O–H groups in total. The van der Waals surface area contributed by atoms with Gasteiger partial charge in [-0.1, -0.05) is 11.6 Å². The molecule has 0 fully saturated rings. The molecule has 0 aliphatic heterocycles. The first-order valence-electron chi connectivity index (χ1n) is 6.87. The summed E-state index contributed by atoms with van der Waals surface area (Å²) in [4.78, 5) is 16.7. The summed E-state index contributed by atoms with van der Waals surface area (Å²) in [6, 6.07) is 3.87. The molecule has 5 nitrogen and oxygen atoms in total. The van der Waals surface area contributed by atoms with Gasteiger partial charge in [0.1, 0.15) is 5.60 Å². The Bertz CT molecular complexity index is 779. The summed E-state index contributed by atoms with van der Waals surface area (Å²) in [7, 11) is 0. The van der Waals surface area contributed by atoms with Crippen molar-refractivity contribution in [2.24, 2.45) is 0 Å². The number of rotatable bonds is 1. The molecule has 0 spiro atoms. The molecule has 0 radical (unpaired) electrons. The van der Waals surface area contributed by atoms with Gasteiger partial charge in [0, 0.05) is 18.0 Å². The number of aromatic nitrogens is 2. The van der Waals surface area contributed by atoms with E-state index in [1.807, 2.05) is 0 Å². The minimum absolute atomic E-state index is 0.414. The number of halogens is 1. The smallest absolute Gasteiger partial charge is 0.419 e. The lowest BCUT2D eigenvalue weighted by Gasteiger charge is -2.19. The molecule has 2 heterocycles. The highest BCUT2D eigenvalue weighted by Gasteiger charge is 2.29. The van der Waals surface area contributed by atoms with Crippen molar-refractivity contribution in [3.8, 4) is 6.07 Å². The second-order valence-electron chi connectivity index (χ2n) is 6.65. The molecule has 2 aromatic heterocycles. The van der Waals surface area contributed by atoms with Crippen LogP contribution < -0.4 is 0 Å². The normalized spacial score (nSPS) is 12.2. The Morgan fingerprint density at radius 2 is 2.00 bits per heavy atom. The maximum Gasteiger partial charge on any atom is 0.419 e. The van der Waals surface area contributed by atoms with Crippen LogP contribution in [0.5, 0.6) is 0 Å². The fourth-order valence-electron chi connectivity index (χ4n) is 2.06. The van der Waals surface area contributed by atoms with Crippen LogP contribution in [-0.4, -0.2) is 21.2 Å². The fourth-order valence-corrected chi connectivity index (χ4v) is 2.21. The Morgan fingerprint density at radius 3 is 2.55 bits per heavy atom. The predicted molar refractivity (Wildman–Crippen MR) is 85.0 cm³/mol. The molecular weight excluding hydrogens is 302 g/mol. The highest BCUT2D eigenvalue weighted by molar-refractivity contribution is 6.31. The SMILES string of the molecule is CC(C)(C)OC(=O)n1cc(C(C)(C)C#N)c2ncc(Cl)cc21. The molecule has 22 heavy (non-hydrogen) atoms. The van der Waals surface area contributed by atoms with E-state index in [1.165, 1.54) is 10.8 Å². The molecule has 0 bridgehead atoms. The van der Waals surface area contributed by atoms with Gasteiger partial charge in [0.05, 0.1) is 27.5 Å². The third-order valence-corrected chi connectivity index (χ3v) is 3.36. The summed E-state index contributed by atoms with van der Waals surface area (Å²) in [5.41, 5.74) is 0.353. The monoisotopic (exact) mass is 319 g/mol. The molecule has 0 atom stereocenters. The van der Waals surface area contributed by atoms with Gasteiger partial charge >= 0.3 is 6.09 Å². The van der Waals surface area contributed by atoms with Crippen molar-refractivity contribution in [1.82, 2.24) is 9.55 Å². The van der Waals surface area contributed by atoms with E-state index in [1.54, 1.807) is 46.9 Å². The van der Waals surface area contributed by atoms with E-state index in [9.17, 15) is 10.1 Å². The number of nitrogens with zero attached hydrogens (tertiary/aromatic N) is 3. The quantitative estimate of drug-likeness (QED) is 0.787. The number of hydrogen-bond acceptors (Lipinski definition) is 4. The van der Waals surface area contributed by atoms with E-state index in [-0.39, 0.29) is 0 Å². The summed E-state index contributed by atoms with van der Waals surface area (Å²) in [5.74, 6) is 0. The molecule has 0 saturated heterocycles. The second-order valence-corrected chi connectivity index (χ2v) is 7.09. The molecule has 0 aliphatic rings. The Kier molecular flexibility index (Phi) is 3.92. The zero-order valence-electron chi connectivity index (χ0n) is 13.3. The largest absolute Gasteiger partial charge is 0.443 e. The topological polar surface area (TPSA) is 67.9 Å². The highest BCUT2D eigenvalue weighted by atomic mass is 35.5. The number of fused-ring (bicyclic) bond motifs is 1. The summed E-state index contributed by atoms with van der Waals surface area (Å²) in [6.45, 7) is 8.93. The number of pyridine rings is 1. The average molecular weight is 320 g/mol. The van der Waals surface area contributed by atoms with Gasteiger partial charge in [-0.3, -0.25) is 9.55 Å². The number of hydrogen-bond donors (Lipinski definition) is 0. The van der Waals surface area contributed by atoms with Gasteiger partial charge in [-0.2, -0.15) is 5.26 Å². The maximum atomic E-state index is 12.4. The number of ether oxygens (including phenoxy) is 1. The Balaban J connectivity index is 2.68. The summed E-state index contributed by atoms with van der Waals surface area (Å²) < 4.78 is 6.76. The van der Waals surface area contributed by atoms with Crippen LogP contribution in [0, 0.1) is 11.3 Å². The van der Waals surface area contributed by atoms with E-state index in [0.29, 0.717) is 21.6 Å².